The Balaban J connectivity index is 0.710. The molecule has 0 unspecified atom stereocenters. The van der Waals surface area contributed by atoms with E-state index in [4.69, 9.17) is 10.1 Å². The summed E-state index contributed by atoms with van der Waals surface area (Å²) in [7, 11) is -4.87. The highest BCUT2D eigenvalue weighted by atomic mass is 32.2. The molecule has 4 aromatic heterocycles. The molecular weight excluding hydrogens is 1230 g/mol. The minimum absolute atomic E-state index is 0.0446. The van der Waals surface area contributed by atoms with E-state index in [9.17, 15) is 37.5 Å². The molecular formula is C68H75FN12O8S3. The average molecular weight is 1300 g/mol. The number of aliphatic hydroxyl groups is 1. The van der Waals surface area contributed by atoms with Gasteiger partial charge in [0.1, 0.15) is 34.3 Å². The van der Waals surface area contributed by atoms with Gasteiger partial charge in [-0.1, -0.05) is 99.9 Å². The number of carbonyl (C=O) groups is 5. The number of aryl methyl sites for hydroxylation is 1. The summed E-state index contributed by atoms with van der Waals surface area (Å²) < 4.78 is 50.0. The Labute approximate surface area is 542 Å². The number of β-amino-alcohol motifs (C(OH)–C–C–N with tert-alkyl or cyclic N) is 1. The Morgan fingerprint density at radius 3 is 2.33 bits per heavy atom. The van der Waals surface area contributed by atoms with Crippen LogP contribution in [0.1, 0.15) is 121 Å². The monoisotopic (exact) mass is 1300 g/mol. The third-order valence-corrected chi connectivity index (χ3v) is 21.7. The first-order chi connectivity index (χ1) is 44.1. The van der Waals surface area contributed by atoms with Crippen molar-refractivity contribution in [3.8, 4) is 21.6 Å². The fourth-order valence-corrected chi connectivity index (χ4v) is 15.9. The largest absolute Gasteiger partial charge is 0.391 e. The van der Waals surface area contributed by atoms with E-state index in [0.29, 0.717) is 84.7 Å². The maximum atomic E-state index is 16.4. The van der Waals surface area contributed by atoms with Crippen LogP contribution in [-0.2, 0) is 50.5 Å². The van der Waals surface area contributed by atoms with Crippen molar-refractivity contribution in [1.82, 2.24) is 45.0 Å². The van der Waals surface area contributed by atoms with Crippen LogP contribution in [0.15, 0.2) is 114 Å². The van der Waals surface area contributed by atoms with Crippen LogP contribution in [-0.4, -0.2) is 117 Å². The summed E-state index contributed by atoms with van der Waals surface area (Å²) in [4.78, 5) is 90.2. The zero-order valence-electron chi connectivity index (χ0n) is 52.1. The normalized spacial score (nSPS) is 17.8. The van der Waals surface area contributed by atoms with Crippen LogP contribution in [0.4, 0.5) is 21.0 Å². The van der Waals surface area contributed by atoms with E-state index < -0.39 is 68.0 Å². The molecule has 92 heavy (non-hydrogen) atoms. The highest BCUT2D eigenvalue weighted by Gasteiger charge is 2.45. The molecule has 24 heteroatoms. The predicted octanol–water partition coefficient (Wildman–Crippen LogP) is 9.97. The molecule has 2 saturated heterocycles. The molecule has 5 amide bonds. The van der Waals surface area contributed by atoms with Crippen LogP contribution >= 0.6 is 22.7 Å². The van der Waals surface area contributed by atoms with Gasteiger partial charge >= 0.3 is 0 Å². The molecule has 3 aliphatic heterocycles. The second-order valence-electron chi connectivity index (χ2n) is 25.6. The molecule has 3 atom stereocenters. The molecule has 20 nitrogen and oxygen atoms in total. The SMILES string of the molecule is Cc1ncsc1-c1ccc(CNC(=O)[C@@H]2C[C@@H](O)CN2C(=O)[C@@H](NC(=O)C2CCN(c3ccc(S(=O)(=O)NC(=O)c4nc(N5CCc6cccc(C(=O)Nc7nc8ccccc8s7)c6C5)ccc4-c4cnn(CC5CCCCC5)c4C)c(F)c3)CC2)C(C)(C)C)cc1. The number of para-hydroxylation sites is 1. The maximum absolute atomic E-state index is 16.4. The lowest BCUT2D eigenvalue weighted by Gasteiger charge is -2.37. The number of pyridine rings is 1. The molecule has 4 aliphatic rings. The molecule has 0 radical (unpaired) electrons. The van der Waals surface area contributed by atoms with Gasteiger partial charge in [-0.3, -0.25) is 34.0 Å². The average Bonchev–Trinajstić information content (AvgIpc) is 1.93. The molecule has 1 aliphatic carbocycles. The standard InChI is InChI=1S/C68H75FN12O8S3/c1-40-60(90-39-71-40)45-20-18-42(19-21-45)34-70-64(85)55-33-48(82)37-80(55)66(87)61(68(3,4)5)75-62(83)46-27-29-78(30-28-46)47-22-24-57(53(69)32-47)92(88,89)77-65(86)59-49(51-35-72-81(41(51)2)36-43-12-7-6-8-13-43)23-25-58(74-59)79-31-26-44-14-11-15-50(52(44)38-79)63(84)76-67-73-54-16-9-10-17-56(54)91-67/h9-11,14-25,32,35,39,43,46,48,55,61,82H,6-8,12-13,26-31,33-34,36-38H2,1-5H3,(H,70,85)(H,75,83)(H,77,86)(H,73,76,84)/t48-,55+,61-/m1/s1. The van der Waals surface area contributed by atoms with E-state index in [1.165, 1.54) is 28.7 Å². The number of hydrogen-bond donors (Lipinski definition) is 5. The van der Waals surface area contributed by atoms with Crippen molar-refractivity contribution < 1.29 is 41.9 Å². The fraction of sp³-hybridized carbons (Fsp3) is 0.397. The number of amides is 5. The second-order valence-corrected chi connectivity index (χ2v) is 29.2. The number of thiazole rings is 2. The van der Waals surface area contributed by atoms with Crippen molar-refractivity contribution in [2.45, 2.75) is 135 Å². The zero-order valence-corrected chi connectivity index (χ0v) is 54.5. The lowest BCUT2D eigenvalue weighted by molar-refractivity contribution is -0.144. The summed E-state index contributed by atoms with van der Waals surface area (Å²) in [6, 6.07) is 26.2. The van der Waals surface area contributed by atoms with Gasteiger partial charge in [0.25, 0.3) is 21.8 Å². The molecule has 8 aromatic rings. The number of nitrogens with zero attached hydrogens (tertiary/aromatic N) is 8. The van der Waals surface area contributed by atoms with Gasteiger partial charge in [0.05, 0.1) is 38.6 Å². The smallest absolute Gasteiger partial charge is 0.284 e. The number of benzene rings is 4. The number of rotatable bonds is 17. The van der Waals surface area contributed by atoms with Crippen molar-refractivity contribution in [2.75, 3.05) is 41.3 Å². The number of nitrogens with one attached hydrogen (secondary N) is 4. The van der Waals surface area contributed by atoms with Gasteiger partial charge in [0, 0.05) is 86.2 Å². The Kier molecular flexibility index (Phi) is 18.4. The topological polar surface area (TPSA) is 254 Å². The summed E-state index contributed by atoms with van der Waals surface area (Å²) in [6.07, 6.45) is 7.66. The summed E-state index contributed by atoms with van der Waals surface area (Å²) in [5.41, 5.74) is 8.71. The summed E-state index contributed by atoms with van der Waals surface area (Å²) in [6.45, 7) is 11.5. The van der Waals surface area contributed by atoms with Crippen LogP contribution in [0, 0.1) is 36.9 Å². The van der Waals surface area contributed by atoms with Crippen molar-refractivity contribution in [1.29, 1.82) is 0 Å². The van der Waals surface area contributed by atoms with Crippen molar-refractivity contribution in [3.63, 3.8) is 0 Å². The highest BCUT2D eigenvalue weighted by Crippen LogP contribution is 2.36. The third-order valence-electron chi connectivity index (χ3n) is 18.4. The second kappa shape index (κ2) is 26.6. The highest BCUT2D eigenvalue weighted by molar-refractivity contribution is 7.90. The van der Waals surface area contributed by atoms with Crippen LogP contribution in [0.2, 0.25) is 0 Å². The van der Waals surface area contributed by atoms with E-state index in [1.54, 1.807) is 41.2 Å². The molecule has 7 heterocycles. The molecule has 0 bridgehead atoms. The number of likely N-dealkylation sites (tertiary alicyclic amines) is 1. The minimum atomic E-state index is -4.87. The Hall–Kier alpha value is -8.45. The van der Waals surface area contributed by atoms with E-state index in [0.717, 1.165) is 86.6 Å². The lowest BCUT2D eigenvalue weighted by Crippen LogP contribution is -2.58. The Morgan fingerprint density at radius 2 is 1.60 bits per heavy atom. The lowest BCUT2D eigenvalue weighted by atomic mass is 9.84. The number of hydrogen-bond acceptors (Lipinski definition) is 16. The molecule has 3 fully saturated rings. The molecule has 1 saturated carbocycles. The van der Waals surface area contributed by atoms with Crippen LogP contribution in [0.25, 0.3) is 31.8 Å². The van der Waals surface area contributed by atoms with Gasteiger partial charge in [0.2, 0.25) is 17.7 Å². The van der Waals surface area contributed by atoms with Gasteiger partial charge in [-0.2, -0.15) is 5.10 Å². The quantitative estimate of drug-likeness (QED) is 0.0569. The number of carbonyl (C=O) groups excluding carboxylic acids is 5. The van der Waals surface area contributed by atoms with Gasteiger partial charge in [0.15, 0.2) is 5.13 Å². The first-order valence-electron chi connectivity index (χ1n) is 31.4. The Morgan fingerprint density at radius 1 is 0.826 bits per heavy atom. The number of aliphatic hydroxyl groups excluding tert-OH is 1. The van der Waals surface area contributed by atoms with E-state index in [-0.39, 0.29) is 43.6 Å². The van der Waals surface area contributed by atoms with Gasteiger partial charge < -0.3 is 30.4 Å². The van der Waals surface area contributed by atoms with Gasteiger partial charge in [-0.15, -0.1) is 11.3 Å². The van der Waals surface area contributed by atoms with Crippen molar-refractivity contribution in [3.05, 3.63) is 154 Å². The molecule has 12 rings (SSSR count). The van der Waals surface area contributed by atoms with E-state index in [2.05, 4.69) is 30.6 Å². The first-order valence-corrected chi connectivity index (χ1v) is 34.6. The van der Waals surface area contributed by atoms with E-state index in [1.807, 2.05) is 110 Å². The number of halogens is 1. The molecule has 480 valence electrons. The summed E-state index contributed by atoms with van der Waals surface area (Å²) in [5, 5.41) is 24.9. The van der Waals surface area contributed by atoms with Gasteiger partial charge in [-0.05, 0) is 128 Å². The molecule has 0 spiro atoms. The first kappa shape index (κ1) is 63.7. The molecule has 5 N–H and O–H groups in total. The zero-order chi connectivity index (χ0) is 64.6. The number of sulfonamides is 1. The van der Waals surface area contributed by atoms with Crippen molar-refractivity contribution >= 4 is 89.1 Å². The van der Waals surface area contributed by atoms with Crippen LogP contribution in [0.5, 0.6) is 0 Å². The summed E-state index contributed by atoms with van der Waals surface area (Å²) >= 11 is 2.93. The van der Waals surface area contributed by atoms with Crippen LogP contribution < -0.4 is 30.5 Å². The minimum Gasteiger partial charge on any atom is -0.391 e. The predicted molar refractivity (Wildman–Crippen MR) is 353 cm³/mol. The van der Waals surface area contributed by atoms with Gasteiger partial charge in [-0.25, -0.2) is 32.5 Å². The fourth-order valence-electron chi connectivity index (χ4n) is 13.2. The van der Waals surface area contributed by atoms with E-state index >= 15 is 4.39 Å². The number of aromatic nitrogens is 5. The third kappa shape index (κ3) is 13.7. The maximum Gasteiger partial charge on any atom is 0.284 e. The van der Waals surface area contributed by atoms with Crippen molar-refractivity contribution in [2.24, 2.45) is 17.3 Å². The number of piperidine rings is 1. The Bertz CT molecular complexity index is 4190. The molecule has 4 aromatic carbocycles. The number of anilines is 3. The summed E-state index contributed by atoms with van der Waals surface area (Å²) in [5.74, 6) is -3.46. The number of fused-ring (bicyclic) bond motifs is 2. The van der Waals surface area contributed by atoms with Crippen LogP contribution in [0.3, 0.4) is 0 Å².